The number of para-hydroxylation sites is 1. The number of nitrogen functional groups attached to an aromatic ring is 1. The molecule has 19 heavy (non-hydrogen) atoms. The summed E-state index contributed by atoms with van der Waals surface area (Å²) in [6.45, 7) is 1.11. The number of ether oxygens (including phenoxy) is 2. The molecule has 0 aliphatic carbocycles. The first-order valence-electron chi connectivity index (χ1n) is 6.08. The smallest absolute Gasteiger partial charge is 0.225 e. The standard InChI is InChI=1S/C14H17N3O2/c1-18-7-4-8-19-14-11(13(15)16)9-10-5-2-3-6-12(10)17-14/h2-3,5-6,9H,4,7-8H2,1H3,(H3,15,16). The van der Waals surface area contributed by atoms with Gasteiger partial charge in [0.05, 0.1) is 17.7 Å². The first-order chi connectivity index (χ1) is 9.22. The average Bonchev–Trinajstić information content (AvgIpc) is 2.42. The van der Waals surface area contributed by atoms with Gasteiger partial charge < -0.3 is 15.2 Å². The topological polar surface area (TPSA) is 81.2 Å². The molecule has 1 heterocycles. The van der Waals surface area contributed by atoms with Crippen LogP contribution >= 0.6 is 0 Å². The molecule has 0 radical (unpaired) electrons. The highest BCUT2D eigenvalue weighted by molar-refractivity contribution is 6.00. The first-order valence-corrected chi connectivity index (χ1v) is 6.08. The SMILES string of the molecule is COCCCOc1nc2ccccc2cc1C(=N)N. The van der Waals surface area contributed by atoms with Crippen LogP contribution in [-0.2, 0) is 4.74 Å². The van der Waals surface area contributed by atoms with Crippen LogP contribution in [0.25, 0.3) is 10.9 Å². The maximum atomic E-state index is 7.60. The lowest BCUT2D eigenvalue weighted by Crippen LogP contribution is -2.15. The van der Waals surface area contributed by atoms with E-state index in [1.54, 1.807) is 7.11 Å². The van der Waals surface area contributed by atoms with Crippen molar-refractivity contribution < 1.29 is 9.47 Å². The number of hydrogen-bond donors (Lipinski definition) is 2. The van der Waals surface area contributed by atoms with Crippen LogP contribution in [-0.4, -0.2) is 31.1 Å². The molecule has 1 aromatic carbocycles. The molecule has 0 fully saturated rings. The van der Waals surface area contributed by atoms with Crippen LogP contribution in [0.15, 0.2) is 30.3 Å². The predicted octanol–water partition coefficient (Wildman–Crippen LogP) is 1.93. The summed E-state index contributed by atoms with van der Waals surface area (Å²) < 4.78 is 10.6. The molecule has 0 bridgehead atoms. The molecule has 1 aromatic heterocycles. The van der Waals surface area contributed by atoms with E-state index in [4.69, 9.17) is 20.6 Å². The Morgan fingerprint density at radius 3 is 2.84 bits per heavy atom. The van der Waals surface area contributed by atoms with Gasteiger partial charge in [-0.1, -0.05) is 18.2 Å². The number of aromatic nitrogens is 1. The Labute approximate surface area is 111 Å². The van der Waals surface area contributed by atoms with Crippen LogP contribution in [0, 0.1) is 5.41 Å². The van der Waals surface area contributed by atoms with Crippen molar-refractivity contribution in [3.8, 4) is 5.88 Å². The Bertz CT molecular complexity index is 584. The summed E-state index contributed by atoms with van der Waals surface area (Å²) in [4.78, 5) is 4.41. The number of nitrogens with one attached hydrogen (secondary N) is 1. The summed E-state index contributed by atoms with van der Waals surface area (Å²) in [5.74, 6) is 0.363. The van der Waals surface area contributed by atoms with Gasteiger partial charge in [0, 0.05) is 25.5 Å². The van der Waals surface area contributed by atoms with E-state index >= 15 is 0 Å². The number of pyridine rings is 1. The molecule has 0 aliphatic rings. The van der Waals surface area contributed by atoms with Crippen molar-refractivity contribution in [1.29, 1.82) is 5.41 Å². The Kier molecular flexibility index (Phi) is 4.30. The second-order valence-electron chi connectivity index (χ2n) is 4.14. The Balaban J connectivity index is 2.28. The number of rotatable bonds is 6. The molecular formula is C14H17N3O2. The maximum absolute atomic E-state index is 7.60. The van der Waals surface area contributed by atoms with Gasteiger partial charge in [0.1, 0.15) is 5.84 Å². The van der Waals surface area contributed by atoms with Crippen LogP contribution in [0.1, 0.15) is 12.0 Å². The van der Waals surface area contributed by atoms with E-state index in [1.165, 1.54) is 0 Å². The summed E-state index contributed by atoms with van der Waals surface area (Å²) in [6, 6.07) is 9.51. The Morgan fingerprint density at radius 1 is 1.32 bits per heavy atom. The molecule has 5 nitrogen and oxygen atoms in total. The molecule has 0 saturated carbocycles. The molecule has 2 rings (SSSR count). The zero-order chi connectivity index (χ0) is 13.7. The lowest BCUT2D eigenvalue weighted by Gasteiger charge is -2.10. The molecule has 0 aliphatic heterocycles. The normalized spacial score (nSPS) is 10.6. The predicted molar refractivity (Wildman–Crippen MR) is 74.7 cm³/mol. The van der Waals surface area contributed by atoms with Crippen molar-refractivity contribution in [3.05, 3.63) is 35.9 Å². The van der Waals surface area contributed by atoms with Crippen LogP contribution in [0.3, 0.4) is 0 Å². The molecule has 100 valence electrons. The molecule has 0 saturated heterocycles. The summed E-state index contributed by atoms with van der Waals surface area (Å²) >= 11 is 0. The average molecular weight is 259 g/mol. The summed E-state index contributed by atoms with van der Waals surface area (Å²) in [6.07, 6.45) is 0.766. The van der Waals surface area contributed by atoms with E-state index in [0.29, 0.717) is 24.7 Å². The molecule has 2 aromatic rings. The van der Waals surface area contributed by atoms with Crippen molar-refractivity contribution in [1.82, 2.24) is 4.98 Å². The fraction of sp³-hybridized carbons (Fsp3) is 0.286. The molecular weight excluding hydrogens is 242 g/mol. The minimum absolute atomic E-state index is 0.0417. The van der Waals surface area contributed by atoms with Crippen molar-refractivity contribution in [2.75, 3.05) is 20.3 Å². The molecule has 0 amide bonds. The highest BCUT2D eigenvalue weighted by Crippen LogP contribution is 2.22. The highest BCUT2D eigenvalue weighted by Gasteiger charge is 2.10. The third-order valence-corrected chi connectivity index (χ3v) is 2.71. The zero-order valence-corrected chi connectivity index (χ0v) is 10.8. The molecule has 3 N–H and O–H groups in total. The van der Waals surface area contributed by atoms with Gasteiger partial charge >= 0.3 is 0 Å². The highest BCUT2D eigenvalue weighted by atomic mass is 16.5. The van der Waals surface area contributed by atoms with E-state index in [1.807, 2.05) is 30.3 Å². The molecule has 0 unspecified atom stereocenters. The first kappa shape index (κ1) is 13.3. The quantitative estimate of drug-likeness (QED) is 0.472. The van der Waals surface area contributed by atoms with Gasteiger partial charge in [-0.2, -0.15) is 0 Å². The minimum atomic E-state index is -0.0417. The van der Waals surface area contributed by atoms with Crippen molar-refractivity contribution in [2.24, 2.45) is 5.73 Å². The van der Waals surface area contributed by atoms with Crippen molar-refractivity contribution in [3.63, 3.8) is 0 Å². The van der Waals surface area contributed by atoms with Crippen molar-refractivity contribution >= 4 is 16.7 Å². The largest absolute Gasteiger partial charge is 0.477 e. The zero-order valence-electron chi connectivity index (χ0n) is 10.8. The number of benzene rings is 1. The number of fused-ring (bicyclic) bond motifs is 1. The number of amidine groups is 1. The third kappa shape index (κ3) is 3.20. The van der Waals surface area contributed by atoms with Gasteiger partial charge in [0.15, 0.2) is 0 Å². The van der Waals surface area contributed by atoms with Gasteiger partial charge in [0.2, 0.25) is 5.88 Å². The van der Waals surface area contributed by atoms with Gasteiger partial charge in [-0.05, 0) is 12.1 Å². The number of methoxy groups -OCH3 is 1. The lowest BCUT2D eigenvalue weighted by molar-refractivity contribution is 0.170. The van der Waals surface area contributed by atoms with Crippen molar-refractivity contribution in [2.45, 2.75) is 6.42 Å². The number of nitrogens with two attached hydrogens (primary N) is 1. The minimum Gasteiger partial charge on any atom is -0.477 e. The van der Waals surface area contributed by atoms with Crippen LogP contribution in [0.2, 0.25) is 0 Å². The lowest BCUT2D eigenvalue weighted by atomic mass is 10.1. The monoisotopic (exact) mass is 259 g/mol. The fourth-order valence-corrected chi connectivity index (χ4v) is 1.77. The molecule has 5 heteroatoms. The van der Waals surface area contributed by atoms with Gasteiger partial charge in [-0.15, -0.1) is 0 Å². The number of hydrogen-bond acceptors (Lipinski definition) is 4. The number of nitrogens with zero attached hydrogens (tertiary/aromatic N) is 1. The Morgan fingerprint density at radius 2 is 2.11 bits per heavy atom. The van der Waals surface area contributed by atoms with E-state index in [-0.39, 0.29) is 5.84 Å². The van der Waals surface area contributed by atoms with E-state index in [9.17, 15) is 0 Å². The maximum Gasteiger partial charge on any atom is 0.225 e. The summed E-state index contributed by atoms with van der Waals surface area (Å²) in [7, 11) is 1.65. The van der Waals surface area contributed by atoms with Gasteiger partial charge in [-0.3, -0.25) is 5.41 Å². The fourth-order valence-electron chi connectivity index (χ4n) is 1.77. The van der Waals surface area contributed by atoms with Gasteiger partial charge in [0.25, 0.3) is 0 Å². The van der Waals surface area contributed by atoms with Crippen LogP contribution < -0.4 is 10.5 Å². The van der Waals surface area contributed by atoms with E-state index in [2.05, 4.69) is 4.98 Å². The van der Waals surface area contributed by atoms with Gasteiger partial charge in [-0.25, -0.2) is 4.98 Å². The summed E-state index contributed by atoms with van der Waals surface area (Å²) in [5, 5.41) is 8.54. The van der Waals surface area contributed by atoms with E-state index < -0.39 is 0 Å². The second kappa shape index (κ2) is 6.15. The second-order valence-corrected chi connectivity index (χ2v) is 4.14. The van der Waals surface area contributed by atoms with Crippen LogP contribution in [0.4, 0.5) is 0 Å². The Hall–Kier alpha value is -2.14. The molecule has 0 spiro atoms. The third-order valence-electron chi connectivity index (χ3n) is 2.71. The molecule has 0 atom stereocenters. The van der Waals surface area contributed by atoms with Crippen LogP contribution in [0.5, 0.6) is 5.88 Å². The van der Waals surface area contributed by atoms with E-state index in [0.717, 1.165) is 17.3 Å². The summed E-state index contributed by atoms with van der Waals surface area (Å²) in [5.41, 5.74) is 6.93.